The van der Waals surface area contributed by atoms with Gasteiger partial charge in [0.1, 0.15) is 29.8 Å². The number of Topliss-reactive ketones (excluding diaryl/α,β-unsaturated/α-hetero) is 1. The van der Waals surface area contributed by atoms with Crippen LogP contribution in [0.2, 0.25) is 0 Å². The van der Waals surface area contributed by atoms with Gasteiger partial charge in [-0.3, -0.25) is 4.79 Å². The van der Waals surface area contributed by atoms with Crippen molar-refractivity contribution in [1.82, 2.24) is 0 Å². The molecule has 1 aromatic carbocycles. The molecule has 6 heteroatoms. The van der Waals surface area contributed by atoms with Crippen molar-refractivity contribution in [3.63, 3.8) is 0 Å². The number of rotatable bonds is 5. The quantitative estimate of drug-likeness (QED) is 0.598. The fraction of sp³-hybridized carbons (Fsp3) is 0.533. The maximum atomic E-state index is 11.9. The maximum absolute atomic E-state index is 11.9. The Bertz CT molecular complexity index is 472. The molecule has 1 aromatic rings. The van der Waals surface area contributed by atoms with Crippen LogP contribution in [0.15, 0.2) is 24.3 Å². The summed E-state index contributed by atoms with van der Waals surface area (Å²) in [7, 11) is 0. The van der Waals surface area contributed by atoms with Gasteiger partial charge in [-0.15, -0.1) is 0 Å². The van der Waals surface area contributed by atoms with Crippen LogP contribution in [0.4, 0.5) is 0 Å². The molecule has 0 bridgehead atoms. The number of aliphatic hydroxyl groups excluding tert-OH is 3. The van der Waals surface area contributed by atoms with Crippen LogP contribution in [0.1, 0.15) is 18.4 Å². The average Bonchev–Trinajstić information content (AvgIpc) is 2.47. The lowest BCUT2D eigenvalue weighted by molar-refractivity contribution is -0.189. The molecular weight excluding hydrogens is 276 g/mol. The zero-order chi connectivity index (χ0) is 15.4. The summed E-state index contributed by atoms with van der Waals surface area (Å²) in [6, 6.07) is 6.61. The van der Waals surface area contributed by atoms with Gasteiger partial charge in [0.05, 0.1) is 12.7 Å². The smallest absolute Gasteiger partial charge is 0.135 e. The van der Waals surface area contributed by atoms with Gasteiger partial charge in [0, 0.05) is 12.8 Å². The van der Waals surface area contributed by atoms with Crippen LogP contribution in [-0.2, 0) is 16.0 Å². The van der Waals surface area contributed by atoms with Crippen molar-refractivity contribution in [1.29, 1.82) is 0 Å². The molecule has 1 aliphatic heterocycles. The lowest BCUT2D eigenvalue weighted by Gasteiger charge is -2.34. The number of ether oxygens (including phenoxy) is 1. The number of aromatic hydroxyl groups is 1. The fourth-order valence-corrected chi connectivity index (χ4v) is 2.32. The van der Waals surface area contributed by atoms with Crippen LogP contribution in [0, 0.1) is 0 Å². The lowest BCUT2D eigenvalue weighted by atomic mass is 9.95. The second kappa shape index (κ2) is 7.00. The van der Waals surface area contributed by atoms with E-state index in [4.69, 9.17) is 4.74 Å². The number of phenolic OH excluding ortho intramolecular Hbond substituents is 1. The molecule has 0 aromatic heterocycles. The fourth-order valence-electron chi connectivity index (χ4n) is 2.32. The van der Waals surface area contributed by atoms with Gasteiger partial charge in [0.25, 0.3) is 0 Å². The molecular formula is C15H20O6. The molecule has 1 aliphatic rings. The van der Waals surface area contributed by atoms with Crippen LogP contribution in [0.3, 0.4) is 0 Å². The molecule has 0 spiro atoms. The van der Waals surface area contributed by atoms with E-state index in [0.29, 0.717) is 6.42 Å². The third-order valence-corrected chi connectivity index (χ3v) is 3.66. The summed E-state index contributed by atoms with van der Waals surface area (Å²) in [6.07, 6.45) is -3.62. The SMILES string of the molecule is O=C(CCc1ccc(O)cc1)CC1OC[C@@H](O)[C@H](O)[C@@H]1O. The van der Waals surface area contributed by atoms with Crippen LogP contribution < -0.4 is 0 Å². The third kappa shape index (κ3) is 4.25. The summed E-state index contributed by atoms with van der Waals surface area (Å²) < 4.78 is 5.20. The highest BCUT2D eigenvalue weighted by atomic mass is 16.5. The van der Waals surface area contributed by atoms with E-state index < -0.39 is 24.4 Å². The largest absolute Gasteiger partial charge is 0.508 e. The van der Waals surface area contributed by atoms with Gasteiger partial charge in [0.15, 0.2) is 0 Å². The van der Waals surface area contributed by atoms with Crippen molar-refractivity contribution in [3.8, 4) is 5.75 Å². The minimum atomic E-state index is -1.28. The molecule has 1 fully saturated rings. The Morgan fingerprint density at radius 3 is 2.48 bits per heavy atom. The third-order valence-electron chi connectivity index (χ3n) is 3.66. The van der Waals surface area contributed by atoms with E-state index in [0.717, 1.165) is 5.56 Å². The average molecular weight is 296 g/mol. The van der Waals surface area contributed by atoms with Crippen molar-refractivity contribution < 1.29 is 30.0 Å². The highest BCUT2D eigenvalue weighted by Gasteiger charge is 2.38. The van der Waals surface area contributed by atoms with Crippen molar-refractivity contribution in [2.75, 3.05) is 6.61 Å². The van der Waals surface area contributed by atoms with E-state index in [1.165, 1.54) is 0 Å². The Balaban J connectivity index is 1.80. The van der Waals surface area contributed by atoms with Crippen LogP contribution >= 0.6 is 0 Å². The van der Waals surface area contributed by atoms with Crippen LogP contribution in [0.5, 0.6) is 5.75 Å². The molecule has 2 rings (SSSR count). The number of hydrogen-bond donors (Lipinski definition) is 4. The van der Waals surface area contributed by atoms with Gasteiger partial charge in [-0.25, -0.2) is 0 Å². The highest BCUT2D eigenvalue weighted by Crippen LogP contribution is 2.19. The van der Waals surface area contributed by atoms with Gasteiger partial charge in [-0.2, -0.15) is 0 Å². The first kappa shape index (κ1) is 15.9. The number of hydrogen-bond acceptors (Lipinski definition) is 6. The zero-order valence-corrected chi connectivity index (χ0v) is 11.6. The minimum Gasteiger partial charge on any atom is -0.508 e. The Morgan fingerprint density at radius 1 is 1.14 bits per heavy atom. The van der Waals surface area contributed by atoms with Crippen LogP contribution in [-0.4, -0.2) is 57.2 Å². The molecule has 1 unspecified atom stereocenters. The van der Waals surface area contributed by atoms with Crippen molar-refractivity contribution >= 4 is 5.78 Å². The van der Waals surface area contributed by atoms with Crippen molar-refractivity contribution in [2.45, 2.75) is 43.7 Å². The molecule has 4 N–H and O–H groups in total. The Labute approximate surface area is 122 Å². The molecule has 0 saturated carbocycles. The molecule has 0 radical (unpaired) electrons. The van der Waals surface area contributed by atoms with Crippen molar-refractivity contribution in [3.05, 3.63) is 29.8 Å². The minimum absolute atomic E-state index is 0.00301. The number of aliphatic hydroxyl groups is 3. The van der Waals surface area contributed by atoms with Gasteiger partial charge in [0.2, 0.25) is 0 Å². The number of carbonyl (C=O) groups excluding carboxylic acids is 1. The number of carbonyl (C=O) groups is 1. The highest BCUT2D eigenvalue weighted by molar-refractivity contribution is 5.79. The van der Waals surface area contributed by atoms with Gasteiger partial charge < -0.3 is 25.2 Å². The van der Waals surface area contributed by atoms with E-state index in [-0.39, 0.29) is 31.0 Å². The first-order valence-corrected chi connectivity index (χ1v) is 6.93. The molecule has 0 amide bonds. The Hall–Kier alpha value is -1.47. The topological polar surface area (TPSA) is 107 Å². The summed E-state index contributed by atoms with van der Waals surface area (Å²) in [5.74, 6) is 0.0899. The number of benzene rings is 1. The van der Waals surface area contributed by atoms with E-state index in [1.807, 2.05) is 0 Å². The van der Waals surface area contributed by atoms with Gasteiger partial charge in [-0.1, -0.05) is 12.1 Å². The maximum Gasteiger partial charge on any atom is 0.135 e. The number of ketones is 1. The zero-order valence-electron chi connectivity index (χ0n) is 11.6. The van der Waals surface area contributed by atoms with E-state index in [1.54, 1.807) is 24.3 Å². The molecule has 6 nitrogen and oxygen atoms in total. The lowest BCUT2D eigenvalue weighted by Crippen LogP contribution is -2.53. The predicted molar refractivity (Wildman–Crippen MR) is 73.8 cm³/mol. The van der Waals surface area contributed by atoms with Crippen LogP contribution in [0.25, 0.3) is 0 Å². The second-order valence-corrected chi connectivity index (χ2v) is 5.33. The van der Waals surface area contributed by atoms with Gasteiger partial charge in [-0.05, 0) is 24.1 Å². The van der Waals surface area contributed by atoms with Crippen molar-refractivity contribution in [2.24, 2.45) is 0 Å². The summed E-state index contributed by atoms with van der Waals surface area (Å²) in [6.45, 7) is -0.0892. The van der Waals surface area contributed by atoms with E-state index in [9.17, 15) is 25.2 Å². The first-order valence-electron chi connectivity index (χ1n) is 6.93. The molecule has 21 heavy (non-hydrogen) atoms. The summed E-state index contributed by atoms with van der Waals surface area (Å²) in [5, 5.41) is 37.8. The number of aryl methyl sites for hydroxylation is 1. The molecule has 1 heterocycles. The van der Waals surface area contributed by atoms with E-state index in [2.05, 4.69) is 0 Å². The normalized spacial score (nSPS) is 29.3. The monoisotopic (exact) mass is 296 g/mol. The second-order valence-electron chi connectivity index (χ2n) is 5.33. The summed E-state index contributed by atoms with van der Waals surface area (Å²) >= 11 is 0. The van der Waals surface area contributed by atoms with Gasteiger partial charge >= 0.3 is 0 Å². The molecule has 116 valence electrons. The van der Waals surface area contributed by atoms with E-state index >= 15 is 0 Å². The molecule has 0 aliphatic carbocycles. The molecule has 4 atom stereocenters. The standard InChI is InChI=1S/C15H20O6/c16-10-4-1-9(2-5-10)3-6-11(17)7-13-15(20)14(19)12(18)8-21-13/h1-2,4-5,12-16,18-20H,3,6-8H2/t12-,13?,14+,15-/m1/s1. The number of phenols is 1. The first-order chi connectivity index (χ1) is 9.97. The summed E-state index contributed by atoms with van der Waals surface area (Å²) in [4.78, 5) is 11.9. The predicted octanol–water partition coefficient (Wildman–Crippen LogP) is -0.234. The Kier molecular flexibility index (Phi) is 5.30. The summed E-state index contributed by atoms with van der Waals surface area (Å²) in [5.41, 5.74) is 0.932. The molecule has 1 saturated heterocycles. The Morgan fingerprint density at radius 2 is 1.81 bits per heavy atom.